The summed E-state index contributed by atoms with van der Waals surface area (Å²) in [6.07, 6.45) is 3.51. The molecule has 12 aromatic carbocycles. The van der Waals surface area contributed by atoms with Crippen molar-refractivity contribution in [2.75, 3.05) is 14.1 Å². The van der Waals surface area contributed by atoms with Gasteiger partial charge in [0.15, 0.2) is 0 Å². The van der Waals surface area contributed by atoms with Crippen molar-refractivity contribution < 1.29 is 9.59 Å². The third-order valence-electron chi connectivity index (χ3n) is 21.4. The first kappa shape index (κ1) is 81.2. The normalized spacial score (nSPS) is 14.5. The molecule has 0 saturated heterocycles. The minimum Gasteiger partial charge on any atom is -0.363 e. The molecule has 10 heteroatoms. The third-order valence-corrected chi connectivity index (χ3v) is 23.1. The second-order valence-electron chi connectivity index (χ2n) is 32.4. The fourth-order valence-corrected chi connectivity index (χ4v) is 15.9. The Balaban J connectivity index is 0.694. The molecule has 0 radical (unpaired) electrons. The number of benzene rings is 12. The van der Waals surface area contributed by atoms with Gasteiger partial charge < -0.3 is 20.4 Å². The van der Waals surface area contributed by atoms with Gasteiger partial charge in [0.05, 0.1) is 24.2 Å². The number of likely N-dealkylation sites (N-methyl/N-ethyl adjacent to an activating group) is 2. The van der Waals surface area contributed by atoms with Gasteiger partial charge in [-0.25, -0.2) is 0 Å². The van der Waals surface area contributed by atoms with Gasteiger partial charge in [-0.05, 0) is 204 Å². The Hall–Kier alpha value is -12.8. The van der Waals surface area contributed by atoms with Gasteiger partial charge in [0.25, 0.3) is 11.8 Å². The molecule has 1 saturated carbocycles. The number of amides is 2. The van der Waals surface area contributed by atoms with Crippen molar-refractivity contribution >= 4 is 39.6 Å². The quantitative estimate of drug-likeness (QED) is 0.0388. The largest absolute Gasteiger partial charge is 0.363 e. The van der Waals surface area contributed by atoms with Crippen LogP contribution >= 0.6 is 0 Å². The van der Waals surface area contributed by atoms with Crippen molar-refractivity contribution in [1.82, 2.24) is 20.4 Å². The molecule has 12 aromatic rings. The minimum absolute atomic E-state index is 0.0529. The smallest absolute Gasteiger partial charge is 0.253 e. The van der Waals surface area contributed by atoms with Crippen LogP contribution in [-0.4, -0.2) is 75.6 Å². The van der Waals surface area contributed by atoms with Crippen molar-refractivity contribution in [1.29, 1.82) is 0 Å². The topological polar surface area (TPSA) is 89.4 Å². The number of rotatable bonds is 18. The van der Waals surface area contributed by atoms with E-state index in [0.29, 0.717) is 11.1 Å². The highest BCUT2D eigenvalue weighted by atomic mass is 28.3. The van der Waals surface area contributed by atoms with Gasteiger partial charge in [-0.15, -0.1) is 11.1 Å². The van der Waals surface area contributed by atoms with Gasteiger partial charge in [-0.3, -0.25) is 19.6 Å². The maximum Gasteiger partial charge on any atom is 0.253 e. The van der Waals surface area contributed by atoms with Crippen LogP contribution in [0, 0.1) is 46.6 Å². The summed E-state index contributed by atoms with van der Waals surface area (Å²) in [5.41, 5.74) is 28.5. The van der Waals surface area contributed by atoms with E-state index in [2.05, 4.69) is 355 Å². The maximum atomic E-state index is 14.5. The maximum absolute atomic E-state index is 14.5. The minimum atomic E-state index is -1.58. The number of hydrogen-bond acceptors (Lipinski definition) is 4. The van der Waals surface area contributed by atoms with Crippen LogP contribution in [-0.2, 0) is 0 Å². The Kier molecular flexibility index (Phi) is 26.2. The molecular weight excluding hydrogens is 1450 g/mol. The van der Waals surface area contributed by atoms with Gasteiger partial charge in [-0.2, -0.15) is 0 Å². The zero-order valence-electron chi connectivity index (χ0n) is 68.8. The molecule has 576 valence electrons. The molecule has 0 spiro atoms. The average molecular weight is 1550 g/mol. The number of aliphatic imine (C=N–C) groups is 2. The highest BCUT2D eigenvalue weighted by Gasteiger charge is 2.36. The lowest BCUT2D eigenvalue weighted by Gasteiger charge is -2.42. The van der Waals surface area contributed by atoms with Gasteiger partial charge >= 0.3 is 0 Å². The van der Waals surface area contributed by atoms with Crippen molar-refractivity contribution in [3.63, 3.8) is 0 Å². The number of nitrogens with zero attached hydrogens (tertiary/aromatic N) is 4. The molecule has 0 heterocycles. The SMILES string of the molecule is CC(NC(=N[C@H](C)c1ccccc1)c1c(-c2ccc(C#Cc3ccc(C(=O)N(C)C4CCCCC4N(C)C(=O)c4ccc(C#Cc5ccc(-c6cccc(-c7ccc(C#C[Si](C)(C)C)cc7)c6C(=N[C@H](C)c6ccccc6)N[C@H](C)c6ccccc6)cc5)cc4)cc3)cc2)cccc1-c1ccc(C#C[Si](C)(C)C)cc1)c1ccccc1. The fourth-order valence-electron chi connectivity index (χ4n) is 14.8. The highest BCUT2D eigenvalue weighted by molar-refractivity contribution is 6.84. The van der Waals surface area contributed by atoms with Crippen molar-refractivity contribution in [3.8, 4) is 91.1 Å². The Morgan fingerprint density at radius 3 is 0.845 bits per heavy atom. The molecule has 6 atom stereocenters. The van der Waals surface area contributed by atoms with E-state index in [0.717, 1.165) is 149 Å². The lowest BCUT2D eigenvalue weighted by molar-refractivity contribution is 0.0421. The lowest BCUT2D eigenvalue weighted by Crippen LogP contribution is -2.54. The van der Waals surface area contributed by atoms with Gasteiger partial charge in [0, 0.05) is 81.8 Å². The summed E-state index contributed by atoms with van der Waals surface area (Å²) in [4.78, 5) is 43.8. The molecule has 3 unspecified atom stereocenters. The van der Waals surface area contributed by atoms with Crippen molar-refractivity contribution in [2.24, 2.45) is 9.98 Å². The molecule has 0 aromatic heterocycles. The number of carbonyl (C=O) groups excluding carboxylic acids is 2. The Bertz CT molecular complexity index is 5390. The summed E-state index contributed by atoms with van der Waals surface area (Å²) < 4.78 is 0. The monoisotopic (exact) mass is 1550 g/mol. The van der Waals surface area contributed by atoms with Crippen LogP contribution in [0.3, 0.4) is 0 Å². The van der Waals surface area contributed by atoms with Crippen molar-refractivity contribution in [3.05, 3.63) is 381 Å². The second kappa shape index (κ2) is 37.4. The Morgan fingerprint density at radius 1 is 0.328 bits per heavy atom. The van der Waals surface area contributed by atoms with Crippen LogP contribution in [0.25, 0.3) is 44.5 Å². The van der Waals surface area contributed by atoms with Crippen LogP contribution in [0.5, 0.6) is 0 Å². The average Bonchev–Trinajstić information content (AvgIpc) is 0.776. The molecule has 1 aliphatic carbocycles. The molecule has 1 fully saturated rings. The molecule has 0 aliphatic heterocycles. The van der Waals surface area contributed by atoms with Crippen LogP contribution < -0.4 is 10.6 Å². The predicted molar refractivity (Wildman–Crippen MR) is 489 cm³/mol. The standard InChI is InChI=1S/C106H102N6O2Si2/c1-75(85-29-17-13-18-30-85)107-103(108-76(2)86-31-19-14-20-32-86)101-95(37-27-39-97(101)91-63-51-83(52-64-91)71-73-115(7,8)9)89-59-47-79(48-60-89)43-45-81-55-67-93(68-56-81)105(113)111(5)99-41-25-26-42-100(99)112(6)106(114)94-69-57-82(58-70-94)46-44-80-49-61-90(62-50-80)96-38-28-40-98(92-65-53-84(54-66-92)72-74-116(10,11)12)102(96)104(109-77(3)87-33-21-15-22-34-87)110-78(4)88-35-23-16-24-36-88/h13-24,27-40,47-70,75-78,99-100H,25-26,41-42H2,1-12H3,(H,107,108)(H,109,110)/t75-,76-,77-,78?,99?,100?/m1/s1. The van der Waals surface area contributed by atoms with E-state index in [4.69, 9.17) is 9.98 Å². The van der Waals surface area contributed by atoms with E-state index in [1.165, 1.54) is 0 Å². The summed E-state index contributed by atoms with van der Waals surface area (Å²) in [5.74, 6) is 21.8. The molecule has 116 heavy (non-hydrogen) atoms. The Morgan fingerprint density at radius 2 is 0.578 bits per heavy atom. The van der Waals surface area contributed by atoms with E-state index in [-0.39, 0.29) is 48.1 Å². The molecule has 2 amide bonds. The van der Waals surface area contributed by atoms with E-state index >= 15 is 0 Å². The first-order valence-electron chi connectivity index (χ1n) is 40.5. The second-order valence-corrected chi connectivity index (χ2v) is 41.9. The van der Waals surface area contributed by atoms with Crippen molar-refractivity contribution in [2.45, 2.75) is 129 Å². The number of carbonyl (C=O) groups is 2. The molecule has 1 aliphatic rings. The first-order chi connectivity index (χ1) is 56.1. The molecule has 13 rings (SSSR count). The molecule has 0 bridgehead atoms. The van der Waals surface area contributed by atoms with E-state index in [1.807, 2.05) is 96.7 Å². The zero-order valence-corrected chi connectivity index (χ0v) is 70.8. The van der Waals surface area contributed by atoms with Gasteiger partial charge in [0.2, 0.25) is 0 Å². The molecule has 8 nitrogen and oxygen atoms in total. The first-order valence-corrected chi connectivity index (χ1v) is 47.5. The third kappa shape index (κ3) is 21.0. The van der Waals surface area contributed by atoms with Gasteiger partial charge in [-0.1, -0.05) is 294 Å². The molecule has 2 N–H and O–H groups in total. The van der Waals surface area contributed by atoms with Crippen LogP contribution in [0.2, 0.25) is 39.3 Å². The lowest BCUT2D eigenvalue weighted by atomic mass is 9.87. The predicted octanol–water partition coefficient (Wildman–Crippen LogP) is 23.5. The van der Waals surface area contributed by atoms with Crippen LogP contribution in [0.15, 0.2) is 313 Å². The fraction of sp³-hybridized carbons (Fsp3) is 0.208. The summed E-state index contributed by atoms with van der Waals surface area (Å²) in [7, 11) is 0.586. The zero-order chi connectivity index (χ0) is 81.3. The van der Waals surface area contributed by atoms with E-state index < -0.39 is 16.1 Å². The van der Waals surface area contributed by atoms with Crippen LogP contribution in [0.4, 0.5) is 0 Å². The summed E-state index contributed by atoms with van der Waals surface area (Å²) >= 11 is 0. The Labute approximate surface area is 690 Å². The van der Waals surface area contributed by atoms with Gasteiger partial charge in [0.1, 0.15) is 27.8 Å². The molecular formula is C106H102N6O2Si2. The summed E-state index contributed by atoms with van der Waals surface area (Å²) in [6.45, 7) is 22.3. The number of nitrogens with one attached hydrogen (secondary N) is 2. The van der Waals surface area contributed by atoms with Crippen LogP contribution in [0.1, 0.15) is 165 Å². The van der Waals surface area contributed by atoms with E-state index in [9.17, 15) is 9.59 Å². The summed E-state index contributed by atoms with van der Waals surface area (Å²) in [6, 6.07) is 103. The number of amidine groups is 2. The number of hydrogen-bond donors (Lipinski definition) is 2. The van der Waals surface area contributed by atoms with E-state index in [1.54, 1.807) is 0 Å². The summed E-state index contributed by atoms with van der Waals surface area (Å²) in [5, 5.41) is 7.82. The highest BCUT2D eigenvalue weighted by Crippen LogP contribution is 2.38.